The number of benzene rings is 2. The third-order valence-corrected chi connectivity index (χ3v) is 5.45. The van der Waals surface area contributed by atoms with Crippen molar-refractivity contribution in [3.63, 3.8) is 0 Å². The first-order chi connectivity index (χ1) is 13.1. The highest BCUT2D eigenvalue weighted by Gasteiger charge is 2.41. The number of rotatable bonds is 3. The van der Waals surface area contributed by atoms with Crippen LogP contribution in [-0.4, -0.2) is 38.7 Å². The molecule has 0 amide bonds. The van der Waals surface area contributed by atoms with Crippen LogP contribution >= 0.6 is 0 Å². The summed E-state index contributed by atoms with van der Waals surface area (Å²) < 4.78 is 5.63. The summed E-state index contributed by atoms with van der Waals surface area (Å²) in [6.07, 6.45) is 1.84. The Morgan fingerprint density at radius 2 is 1.89 bits per heavy atom. The molecule has 0 unspecified atom stereocenters. The Hall–Kier alpha value is -2.53. The van der Waals surface area contributed by atoms with Crippen molar-refractivity contribution in [2.45, 2.75) is 31.8 Å². The number of hydrogen-bond donors (Lipinski definition) is 2. The fourth-order valence-corrected chi connectivity index (χ4v) is 3.84. The summed E-state index contributed by atoms with van der Waals surface area (Å²) >= 11 is 0. The van der Waals surface area contributed by atoms with Gasteiger partial charge in [0.2, 0.25) is 0 Å². The van der Waals surface area contributed by atoms with Gasteiger partial charge in [-0.2, -0.15) is 0 Å². The van der Waals surface area contributed by atoms with Gasteiger partial charge in [-0.05, 0) is 30.7 Å². The SMILES string of the molecule is Cc1cccc(CN=C2Nc3cc(N(C)C)ccc3NC23CCOCC3)c1. The lowest BCUT2D eigenvalue weighted by Crippen LogP contribution is -2.55. The highest BCUT2D eigenvalue weighted by molar-refractivity contribution is 6.10. The van der Waals surface area contributed by atoms with E-state index in [0.717, 1.165) is 43.3 Å². The van der Waals surface area contributed by atoms with Crippen molar-refractivity contribution in [3.05, 3.63) is 53.6 Å². The zero-order valence-corrected chi connectivity index (χ0v) is 16.4. The molecule has 2 aromatic carbocycles. The zero-order valence-electron chi connectivity index (χ0n) is 16.4. The molecule has 1 spiro atoms. The molecule has 1 fully saturated rings. The zero-order chi connectivity index (χ0) is 18.9. The van der Waals surface area contributed by atoms with Gasteiger partial charge in [0.25, 0.3) is 0 Å². The molecule has 5 nitrogen and oxygen atoms in total. The van der Waals surface area contributed by atoms with Crippen LogP contribution in [0, 0.1) is 6.92 Å². The van der Waals surface area contributed by atoms with E-state index >= 15 is 0 Å². The second kappa shape index (κ2) is 7.24. The molecule has 2 aliphatic heterocycles. The number of nitrogens with one attached hydrogen (secondary N) is 2. The van der Waals surface area contributed by atoms with Crippen molar-refractivity contribution in [2.24, 2.45) is 4.99 Å². The van der Waals surface area contributed by atoms with Gasteiger partial charge in [-0.25, -0.2) is 0 Å². The molecule has 2 aliphatic rings. The van der Waals surface area contributed by atoms with Gasteiger partial charge in [-0.3, -0.25) is 4.99 Å². The first-order valence-electron chi connectivity index (χ1n) is 9.61. The summed E-state index contributed by atoms with van der Waals surface area (Å²) in [5, 5.41) is 7.43. The molecule has 142 valence electrons. The number of anilines is 3. The lowest BCUT2D eigenvalue weighted by molar-refractivity contribution is 0.0778. The Bertz CT molecular complexity index is 853. The van der Waals surface area contributed by atoms with Gasteiger partial charge in [-0.15, -0.1) is 0 Å². The van der Waals surface area contributed by atoms with Crippen LogP contribution in [0.25, 0.3) is 0 Å². The Kier molecular flexibility index (Phi) is 4.79. The van der Waals surface area contributed by atoms with E-state index in [2.05, 4.69) is 79.0 Å². The maximum Gasteiger partial charge on any atom is 0.127 e. The molecule has 0 aromatic heterocycles. The predicted molar refractivity (Wildman–Crippen MR) is 113 cm³/mol. The molecular weight excluding hydrogens is 336 g/mol. The topological polar surface area (TPSA) is 48.9 Å². The van der Waals surface area contributed by atoms with E-state index in [-0.39, 0.29) is 5.54 Å². The first kappa shape index (κ1) is 17.9. The van der Waals surface area contributed by atoms with E-state index in [4.69, 9.17) is 9.73 Å². The van der Waals surface area contributed by atoms with Crippen LogP contribution in [0.15, 0.2) is 47.5 Å². The normalized spacial score (nSPS) is 19.3. The van der Waals surface area contributed by atoms with Crippen LogP contribution in [0.3, 0.4) is 0 Å². The van der Waals surface area contributed by atoms with E-state index in [1.165, 1.54) is 16.8 Å². The lowest BCUT2D eigenvalue weighted by atomic mass is 9.86. The number of aliphatic imine (C=N–C) groups is 1. The van der Waals surface area contributed by atoms with Crippen molar-refractivity contribution in [2.75, 3.05) is 42.8 Å². The monoisotopic (exact) mass is 364 g/mol. The summed E-state index contributed by atoms with van der Waals surface area (Å²) in [5.74, 6) is 1.02. The van der Waals surface area contributed by atoms with Crippen LogP contribution in [0.2, 0.25) is 0 Å². The molecule has 0 radical (unpaired) electrons. The van der Waals surface area contributed by atoms with Gasteiger partial charge >= 0.3 is 0 Å². The Morgan fingerprint density at radius 1 is 1.07 bits per heavy atom. The summed E-state index contributed by atoms with van der Waals surface area (Å²) in [4.78, 5) is 7.13. The largest absolute Gasteiger partial charge is 0.381 e. The maximum absolute atomic E-state index is 5.63. The van der Waals surface area contributed by atoms with Gasteiger partial charge in [0.05, 0.1) is 23.5 Å². The van der Waals surface area contributed by atoms with Crippen molar-refractivity contribution in [3.8, 4) is 0 Å². The average molecular weight is 364 g/mol. The molecular formula is C22H28N4O. The number of fused-ring (bicyclic) bond motifs is 1. The number of nitrogens with zero attached hydrogens (tertiary/aromatic N) is 2. The third-order valence-electron chi connectivity index (χ3n) is 5.45. The third kappa shape index (κ3) is 3.65. The minimum absolute atomic E-state index is 0.172. The Morgan fingerprint density at radius 3 is 2.63 bits per heavy atom. The van der Waals surface area contributed by atoms with Crippen molar-refractivity contribution in [1.29, 1.82) is 0 Å². The van der Waals surface area contributed by atoms with Crippen molar-refractivity contribution < 1.29 is 4.74 Å². The molecule has 5 heteroatoms. The highest BCUT2D eigenvalue weighted by Crippen LogP contribution is 2.38. The summed E-state index contributed by atoms with van der Waals surface area (Å²) in [6.45, 7) is 4.31. The number of aryl methyl sites for hydroxylation is 1. The molecule has 2 heterocycles. The first-order valence-corrected chi connectivity index (χ1v) is 9.61. The number of hydrogen-bond acceptors (Lipinski definition) is 4. The van der Waals surface area contributed by atoms with Crippen molar-refractivity contribution in [1.82, 2.24) is 0 Å². The van der Waals surface area contributed by atoms with Crippen LogP contribution in [0.5, 0.6) is 0 Å². The predicted octanol–water partition coefficient (Wildman–Crippen LogP) is 4.05. The fourth-order valence-electron chi connectivity index (χ4n) is 3.84. The second-order valence-electron chi connectivity index (χ2n) is 7.72. The smallest absolute Gasteiger partial charge is 0.127 e. The number of amidine groups is 1. The van der Waals surface area contributed by atoms with Crippen LogP contribution in [0.1, 0.15) is 24.0 Å². The minimum atomic E-state index is -0.172. The molecule has 4 rings (SSSR count). The average Bonchev–Trinajstić information content (AvgIpc) is 2.66. The van der Waals surface area contributed by atoms with Crippen LogP contribution < -0.4 is 15.5 Å². The minimum Gasteiger partial charge on any atom is -0.381 e. The molecule has 0 bridgehead atoms. The maximum atomic E-state index is 5.63. The van der Waals surface area contributed by atoms with Crippen molar-refractivity contribution >= 4 is 22.9 Å². The van der Waals surface area contributed by atoms with E-state index in [1.54, 1.807) is 0 Å². The van der Waals surface area contributed by atoms with Gasteiger partial charge in [0.15, 0.2) is 0 Å². The van der Waals surface area contributed by atoms with Gasteiger partial charge < -0.3 is 20.3 Å². The Balaban J connectivity index is 1.68. The van der Waals surface area contributed by atoms with E-state index in [0.29, 0.717) is 6.54 Å². The lowest BCUT2D eigenvalue weighted by Gasteiger charge is -2.44. The van der Waals surface area contributed by atoms with E-state index in [1.807, 2.05) is 0 Å². The summed E-state index contributed by atoms with van der Waals surface area (Å²) in [5.41, 5.74) is 5.72. The molecule has 27 heavy (non-hydrogen) atoms. The van der Waals surface area contributed by atoms with E-state index < -0.39 is 0 Å². The highest BCUT2D eigenvalue weighted by atomic mass is 16.5. The van der Waals surface area contributed by atoms with Gasteiger partial charge in [-0.1, -0.05) is 29.8 Å². The van der Waals surface area contributed by atoms with Crippen LogP contribution in [0.4, 0.5) is 17.1 Å². The second-order valence-corrected chi connectivity index (χ2v) is 7.72. The van der Waals surface area contributed by atoms with Crippen LogP contribution in [-0.2, 0) is 11.3 Å². The number of ether oxygens (including phenoxy) is 1. The standard InChI is InChI=1S/C22H28N4O/c1-16-5-4-6-17(13-16)15-23-21-22(9-11-27-12-10-22)25-19-8-7-18(26(2)3)14-20(19)24-21/h4-8,13-14,25H,9-12,15H2,1-3H3,(H,23,24). The molecule has 0 aliphatic carbocycles. The molecule has 2 N–H and O–H groups in total. The summed E-state index contributed by atoms with van der Waals surface area (Å²) in [7, 11) is 4.12. The Labute approximate surface area is 161 Å². The molecule has 0 atom stereocenters. The van der Waals surface area contributed by atoms with Gasteiger partial charge in [0, 0.05) is 45.8 Å². The molecule has 2 aromatic rings. The summed E-state index contributed by atoms with van der Waals surface area (Å²) in [6, 6.07) is 15.0. The van der Waals surface area contributed by atoms with E-state index in [9.17, 15) is 0 Å². The molecule has 1 saturated heterocycles. The quantitative estimate of drug-likeness (QED) is 0.863. The molecule has 0 saturated carbocycles. The fraction of sp³-hybridized carbons (Fsp3) is 0.409. The van der Waals surface area contributed by atoms with Gasteiger partial charge in [0.1, 0.15) is 5.84 Å².